The molecule has 8 N–H and O–H groups in total. The van der Waals surface area contributed by atoms with E-state index in [9.17, 15) is 10.2 Å². The predicted molar refractivity (Wildman–Crippen MR) is 67.1 cm³/mol. The maximum Gasteiger partial charge on any atom is 0.0929 e. The van der Waals surface area contributed by atoms with Crippen LogP contribution in [0.25, 0.3) is 0 Å². The van der Waals surface area contributed by atoms with Gasteiger partial charge in [-0.05, 0) is 0 Å². The molecule has 0 aromatic heterocycles. The Bertz CT molecular complexity index is 160. The molecular weight excluding hydrogens is 252 g/mol. The first-order valence-electron chi connectivity index (χ1n) is 4.89. The standard InChI is InChI=1S/C8H20N2O4S2/c9-1-5(11)7(13)3-15-16-4-8(14)6(12)2-10/h5-8,11-14H,1-4,9-10H2. The second-order valence-corrected chi connectivity index (χ2v) is 5.86. The van der Waals surface area contributed by atoms with Gasteiger partial charge >= 0.3 is 0 Å². The van der Waals surface area contributed by atoms with Crippen LogP contribution >= 0.6 is 21.6 Å². The lowest BCUT2D eigenvalue weighted by molar-refractivity contribution is 0.0401. The number of nitrogens with two attached hydrogens (primary N) is 2. The first-order valence-corrected chi connectivity index (χ1v) is 7.38. The quantitative estimate of drug-likeness (QED) is 0.204. The van der Waals surface area contributed by atoms with Crippen molar-refractivity contribution in [2.45, 2.75) is 24.4 Å². The third-order valence-electron chi connectivity index (χ3n) is 1.93. The molecule has 0 aromatic rings. The van der Waals surface area contributed by atoms with E-state index in [1.54, 1.807) is 0 Å². The van der Waals surface area contributed by atoms with Crippen molar-refractivity contribution in [2.75, 3.05) is 24.6 Å². The van der Waals surface area contributed by atoms with Crippen molar-refractivity contribution >= 4 is 21.6 Å². The first kappa shape index (κ1) is 16.5. The molecule has 0 heterocycles. The molecule has 0 aliphatic heterocycles. The minimum absolute atomic E-state index is 0.0148. The van der Waals surface area contributed by atoms with E-state index in [-0.39, 0.29) is 13.1 Å². The van der Waals surface area contributed by atoms with Gasteiger partial charge in [0.05, 0.1) is 24.4 Å². The Kier molecular flexibility index (Phi) is 9.76. The topological polar surface area (TPSA) is 133 Å². The highest BCUT2D eigenvalue weighted by atomic mass is 33.1. The number of hydrogen-bond donors (Lipinski definition) is 6. The van der Waals surface area contributed by atoms with Crippen LogP contribution < -0.4 is 11.5 Å². The summed E-state index contributed by atoms with van der Waals surface area (Å²) in [7, 11) is 2.60. The minimum Gasteiger partial charge on any atom is -0.389 e. The number of aliphatic hydroxyl groups is 4. The van der Waals surface area contributed by atoms with Crippen LogP contribution in [-0.4, -0.2) is 69.4 Å². The van der Waals surface area contributed by atoms with Crippen LogP contribution in [0.5, 0.6) is 0 Å². The summed E-state index contributed by atoms with van der Waals surface area (Å²) in [4.78, 5) is 0. The van der Waals surface area contributed by atoms with Crippen LogP contribution in [0, 0.1) is 0 Å². The largest absolute Gasteiger partial charge is 0.389 e. The van der Waals surface area contributed by atoms with Crippen molar-refractivity contribution in [3.8, 4) is 0 Å². The van der Waals surface area contributed by atoms with Gasteiger partial charge in [0.1, 0.15) is 0 Å². The Morgan fingerprint density at radius 2 is 1.00 bits per heavy atom. The number of hydrogen-bond acceptors (Lipinski definition) is 8. The maximum atomic E-state index is 9.34. The van der Waals surface area contributed by atoms with Gasteiger partial charge in [0.15, 0.2) is 0 Å². The zero-order chi connectivity index (χ0) is 12.6. The molecule has 0 saturated carbocycles. The third kappa shape index (κ3) is 6.92. The lowest BCUT2D eigenvalue weighted by Gasteiger charge is -2.17. The molecule has 0 rings (SSSR count). The summed E-state index contributed by atoms with van der Waals surface area (Å²) < 4.78 is 0. The van der Waals surface area contributed by atoms with Crippen molar-refractivity contribution in [1.82, 2.24) is 0 Å². The van der Waals surface area contributed by atoms with Gasteiger partial charge in [-0.3, -0.25) is 0 Å². The summed E-state index contributed by atoms with van der Waals surface area (Å²) in [6.07, 6.45) is -3.60. The smallest absolute Gasteiger partial charge is 0.0929 e. The fraction of sp³-hybridized carbons (Fsp3) is 1.00. The molecule has 6 nitrogen and oxygen atoms in total. The zero-order valence-corrected chi connectivity index (χ0v) is 10.5. The highest BCUT2D eigenvalue weighted by Crippen LogP contribution is 2.24. The molecule has 0 saturated heterocycles. The van der Waals surface area contributed by atoms with Crippen LogP contribution in [0.2, 0.25) is 0 Å². The molecule has 8 heteroatoms. The van der Waals surface area contributed by atoms with Crippen molar-refractivity contribution in [1.29, 1.82) is 0 Å². The lowest BCUT2D eigenvalue weighted by atomic mass is 10.2. The molecule has 0 radical (unpaired) electrons. The van der Waals surface area contributed by atoms with E-state index in [0.717, 1.165) is 0 Å². The van der Waals surface area contributed by atoms with E-state index in [4.69, 9.17) is 21.7 Å². The van der Waals surface area contributed by atoms with E-state index >= 15 is 0 Å². The second kappa shape index (κ2) is 9.49. The van der Waals surface area contributed by atoms with Crippen molar-refractivity contribution < 1.29 is 20.4 Å². The average molecular weight is 272 g/mol. The molecule has 0 fully saturated rings. The number of rotatable bonds is 9. The Hall–Kier alpha value is 0.460. The van der Waals surface area contributed by atoms with Gasteiger partial charge in [0.2, 0.25) is 0 Å². The summed E-state index contributed by atoms with van der Waals surface area (Å²) in [5.74, 6) is 0.628. The predicted octanol–water partition coefficient (Wildman–Crippen LogP) is -2.27. The van der Waals surface area contributed by atoms with E-state index in [2.05, 4.69) is 0 Å². The molecule has 4 atom stereocenters. The molecular formula is C8H20N2O4S2. The summed E-state index contributed by atoms with van der Waals surface area (Å²) in [5.41, 5.74) is 10.3. The van der Waals surface area contributed by atoms with Gasteiger partial charge < -0.3 is 31.9 Å². The molecule has 0 aliphatic carbocycles. The van der Waals surface area contributed by atoms with Gasteiger partial charge in [0, 0.05) is 24.6 Å². The first-order chi connectivity index (χ1) is 7.52. The normalized spacial score (nSPS) is 19.1. The van der Waals surface area contributed by atoms with Crippen molar-refractivity contribution in [2.24, 2.45) is 11.5 Å². The fourth-order valence-corrected chi connectivity index (χ4v) is 3.10. The molecule has 0 aliphatic rings. The monoisotopic (exact) mass is 272 g/mol. The molecule has 4 unspecified atom stereocenters. The Labute approximate surface area is 103 Å². The van der Waals surface area contributed by atoms with Gasteiger partial charge in [0.25, 0.3) is 0 Å². The molecule has 0 aromatic carbocycles. The van der Waals surface area contributed by atoms with E-state index in [0.29, 0.717) is 11.5 Å². The van der Waals surface area contributed by atoms with Gasteiger partial charge in [-0.25, -0.2) is 0 Å². The SMILES string of the molecule is NCC(O)C(O)CSSCC(O)C(O)CN. The number of aliphatic hydroxyl groups excluding tert-OH is 4. The van der Waals surface area contributed by atoms with Gasteiger partial charge in [-0.15, -0.1) is 0 Å². The molecule has 0 bridgehead atoms. The van der Waals surface area contributed by atoms with Crippen molar-refractivity contribution in [3.05, 3.63) is 0 Å². The van der Waals surface area contributed by atoms with Crippen LogP contribution in [0.4, 0.5) is 0 Å². The molecule has 16 heavy (non-hydrogen) atoms. The summed E-state index contributed by atoms with van der Waals surface area (Å²) in [5, 5.41) is 37.0. The minimum atomic E-state index is -0.923. The van der Waals surface area contributed by atoms with Gasteiger partial charge in [-0.1, -0.05) is 21.6 Å². The Morgan fingerprint density at radius 1 is 0.688 bits per heavy atom. The van der Waals surface area contributed by atoms with Crippen LogP contribution in [0.1, 0.15) is 0 Å². The summed E-state index contributed by atoms with van der Waals surface area (Å²) in [6, 6.07) is 0. The van der Waals surface area contributed by atoms with E-state index in [1.807, 2.05) is 0 Å². The molecule has 98 valence electrons. The van der Waals surface area contributed by atoms with Crippen LogP contribution in [0.15, 0.2) is 0 Å². The van der Waals surface area contributed by atoms with Crippen molar-refractivity contribution in [3.63, 3.8) is 0 Å². The summed E-state index contributed by atoms with van der Waals surface area (Å²) in [6.45, 7) is 0.0296. The summed E-state index contributed by atoms with van der Waals surface area (Å²) >= 11 is 0. The zero-order valence-electron chi connectivity index (χ0n) is 8.90. The maximum absolute atomic E-state index is 9.34. The highest BCUT2D eigenvalue weighted by molar-refractivity contribution is 8.76. The Balaban J connectivity index is 3.52. The average Bonchev–Trinajstić information content (AvgIpc) is 2.31. The molecule has 0 amide bonds. The van der Waals surface area contributed by atoms with Crippen LogP contribution in [-0.2, 0) is 0 Å². The van der Waals surface area contributed by atoms with E-state index < -0.39 is 24.4 Å². The third-order valence-corrected chi connectivity index (χ3v) is 4.37. The second-order valence-electron chi connectivity index (χ2n) is 3.31. The van der Waals surface area contributed by atoms with E-state index in [1.165, 1.54) is 21.6 Å². The van der Waals surface area contributed by atoms with Gasteiger partial charge in [-0.2, -0.15) is 0 Å². The molecule has 0 spiro atoms. The highest BCUT2D eigenvalue weighted by Gasteiger charge is 2.17. The Morgan fingerprint density at radius 3 is 1.25 bits per heavy atom. The van der Waals surface area contributed by atoms with Crippen LogP contribution in [0.3, 0.4) is 0 Å². The fourth-order valence-electron chi connectivity index (χ4n) is 0.772. The lowest BCUT2D eigenvalue weighted by Crippen LogP contribution is -2.35.